The van der Waals surface area contributed by atoms with Crippen LogP contribution in [-0.2, 0) is 47.7 Å². The number of ether oxygens (including phenoxy) is 5. The molecule has 5 atom stereocenters. The molecule has 0 aliphatic carbocycles. The van der Waals surface area contributed by atoms with Crippen molar-refractivity contribution >= 4 is 171 Å². The van der Waals surface area contributed by atoms with E-state index in [1.807, 2.05) is 115 Å². The second kappa shape index (κ2) is 27.5. The van der Waals surface area contributed by atoms with Crippen molar-refractivity contribution in [1.29, 1.82) is 0 Å². The van der Waals surface area contributed by atoms with Gasteiger partial charge in [0.2, 0.25) is 0 Å². The summed E-state index contributed by atoms with van der Waals surface area (Å²) in [6.45, 7) is 7.98. The number of anilines is 5. The third kappa shape index (κ3) is 12.0. The third-order valence-corrected chi connectivity index (χ3v) is 24.2. The SMILES string of the molecule is CC1O/C(=C2/C(=O)Nc3ccc(F)cc32)c2ccsc21.CC1O/C(=C2/C(=O)Nc3ccc(F)cc32)c2sccc21.CCC1O/C(=C2/C(=O)Nc3ccc(F)cc32)c2ccsc21.CCC1O/C(=C2/C(=O)Nc3ccc(F)cc32)c2sccc21.O=C1Nc2ccc(F)cc2/C1=C1\OC(c2ccccc2)c2sccc21. The number of amides is 5. The van der Waals surface area contributed by atoms with Gasteiger partial charge < -0.3 is 50.3 Å². The highest BCUT2D eigenvalue weighted by atomic mass is 32.1. The number of hydrogen-bond acceptors (Lipinski definition) is 15. The van der Waals surface area contributed by atoms with E-state index < -0.39 is 0 Å². The van der Waals surface area contributed by atoms with Crippen LogP contribution in [0.1, 0.15) is 157 Å². The zero-order valence-electron chi connectivity index (χ0n) is 56.6. The number of rotatable bonds is 3. The molecule has 0 fully saturated rings. The summed E-state index contributed by atoms with van der Waals surface area (Å²) in [7, 11) is 0. The van der Waals surface area contributed by atoms with E-state index in [4.69, 9.17) is 23.7 Å². The molecule has 5 amide bonds. The molecule has 0 saturated heterocycles. The highest BCUT2D eigenvalue weighted by Gasteiger charge is 2.43. The second-order valence-electron chi connectivity index (χ2n) is 25.7. The van der Waals surface area contributed by atoms with E-state index in [0.717, 1.165) is 70.6 Å². The molecule has 0 bridgehead atoms. The molecule has 0 spiro atoms. The van der Waals surface area contributed by atoms with Crippen molar-refractivity contribution in [3.8, 4) is 0 Å². The molecule has 6 aromatic carbocycles. The fourth-order valence-corrected chi connectivity index (χ4v) is 19.1. The van der Waals surface area contributed by atoms with Gasteiger partial charge in [-0.1, -0.05) is 44.2 Å². The first-order valence-corrected chi connectivity index (χ1v) is 38.3. The van der Waals surface area contributed by atoms with Crippen LogP contribution in [0.5, 0.6) is 0 Å². The summed E-state index contributed by atoms with van der Waals surface area (Å²) < 4.78 is 97.5. The maximum atomic E-state index is 13.7. The van der Waals surface area contributed by atoms with Gasteiger partial charge >= 0.3 is 0 Å². The lowest BCUT2D eigenvalue weighted by atomic mass is 10.0. The standard InChI is InChI=1S/C20H12FNO2S.2C16H12FNO2S.2C15H10FNO2S/c21-12-6-7-15-14(10-12)16(20(23)22-15)18-13-8-9-25-19(13)17(24-18)11-4-2-1-3-5-11;1-2-12-15-9(5-6-21-15)14(20-12)13-10-7-8(17)3-4-11(10)18-16(13)19;1-2-12-9-5-6-21-15(9)14(20-12)13-10-7-8(17)3-4-11(10)18-16(13)19;1-7-14-9(4-5-20-14)13(19-7)12-10-6-8(16)2-3-11(10)17-15(12)18;1-7-9-4-5-20-14(9)13(19-7)12-10-6-8(16)2-3-11(10)17-15(12)18/h1-10,17H,(H,22,23);2*3-7,12H,2H2,1H3,(H,18,19);2*2-7H,1H3,(H,17,18)/b18-16+;2*14-13+;2*13-12+. The predicted molar refractivity (Wildman–Crippen MR) is 407 cm³/mol. The number of thiophene rings is 5. The zero-order valence-corrected chi connectivity index (χ0v) is 60.7. The van der Waals surface area contributed by atoms with Crippen LogP contribution in [0.2, 0.25) is 0 Å². The van der Waals surface area contributed by atoms with Crippen molar-refractivity contribution in [2.75, 3.05) is 26.6 Å². The lowest BCUT2D eigenvalue weighted by Gasteiger charge is -2.13. The van der Waals surface area contributed by atoms with Gasteiger partial charge in [0.15, 0.2) is 17.6 Å². The molecule has 534 valence electrons. The summed E-state index contributed by atoms with van der Waals surface area (Å²) in [5, 5.41) is 23.8. The Morgan fingerprint density at radius 2 is 0.664 bits per heavy atom. The van der Waals surface area contributed by atoms with Gasteiger partial charge in [0.05, 0.1) is 52.3 Å². The largest absolute Gasteiger partial charge is 0.484 e. The van der Waals surface area contributed by atoms with Crippen molar-refractivity contribution in [2.24, 2.45) is 0 Å². The Balaban J connectivity index is 0.0000000984. The van der Waals surface area contributed by atoms with Gasteiger partial charge in [-0.15, -0.1) is 56.7 Å². The predicted octanol–water partition coefficient (Wildman–Crippen LogP) is 20.8. The minimum atomic E-state index is -0.378. The minimum Gasteiger partial charge on any atom is -0.484 e. The van der Waals surface area contributed by atoms with Gasteiger partial charge in [0.25, 0.3) is 29.5 Å². The van der Waals surface area contributed by atoms with E-state index >= 15 is 0 Å². The van der Waals surface area contributed by atoms with E-state index in [2.05, 4.69) is 26.6 Å². The van der Waals surface area contributed by atoms with Gasteiger partial charge in [-0.2, -0.15) is 0 Å². The molecule has 0 saturated carbocycles. The molecule has 107 heavy (non-hydrogen) atoms. The topological polar surface area (TPSA) is 192 Å². The molecule has 5 aromatic heterocycles. The summed E-state index contributed by atoms with van der Waals surface area (Å²) in [5.41, 5.74) is 14.1. The quantitative estimate of drug-likeness (QED) is 0.0840. The highest BCUT2D eigenvalue weighted by molar-refractivity contribution is 7.12. The monoisotopic (exact) mass is 1530 g/mol. The van der Waals surface area contributed by atoms with Crippen LogP contribution in [0, 0.1) is 29.1 Å². The summed E-state index contributed by atoms with van der Waals surface area (Å²) in [6, 6.07) is 41.2. The lowest BCUT2D eigenvalue weighted by Crippen LogP contribution is -2.06. The molecular formula is C82H56F5N5O10S5. The Kier molecular flexibility index (Phi) is 17.6. The average Bonchev–Trinajstić information content (AvgIpc) is 1.63. The Bertz CT molecular complexity index is 5540. The minimum absolute atomic E-state index is 0.0205. The van der Waals surface area contributed by atoms with E-state index in [-0.39, 0.29) is 89.1 Å². The van der Waals surface area contributed by atoms with Crippen LogP contribution < -0.4 is 26.6 Å². The number of hydrogen-bond donors (Lipinski definition) is 5. The maximum Gasteiger partial charge on any atom is 0.260 e. The molecular weight excluding hydrogens is 1470 g/mol. The van der Waals surface area contributed by atoms with E-state index in [1.165, 1.54) is 72.0 Å². The van der Waals surface area contributed by atoms with Gasteiger partial charge in [0.1, 0.15) is 70.8 Å². The summed E-state index contributed by atoms with van der Waals surface area (Å²) in [4.78, 5) is 66.7. The Labute approximate surface area is 627 Å². The second-order valence-corrected chi connectivity index (χ2v) is 30.4. The van der Waals surface area contributed by atoms with E-state index in [0.29, 0.717) is 113 Å². The third-order valence-electron chi connectivity index (χ3n) is 19.3. The first-order valence-electron chi connectivity index (χ1n) is 33.9. The van der Waals surface area contributed by atoms with E-state index in [9.17, 15) is 45.9 Å². The van der Waals surface area contributed by atoms with Crippen LogP contribution in [0.3, 0.4) is 0 Å². The molecule has 0 radical (unpaired) electrons. The molecule has 10 aliphatic heterocycles. The van der Waals surface area contributed by atoms with Gasteiger partial charge in [-0.05, 0) is 180 Å². The van der Waals surface area contributed by atoms with Crippen molar-refractivity contribution in [2.45, 2.75) is 71.1 Å². The average molecular weight is 1530 g/mol. The number of halogens is 5. The summed E-state index contributed by atoms with van der Waals surface area (Å²) in [6.07, 6.45) is 1.22. The molecule has 21 rings (SSSR count). The van der Waals surface area contributed by atoms with Crippen molar-refractivity contribution in [1.82, 2.24) is 0 Å². The van der Waals surface area contributed by atoms with Crippen molar-refractivity contribution in [3.05, 3.63) is 293 Å². The Morgan fingerprint density at radius 3 is 1.11 bits per heavy atom. The number of benzene rings is 6. The molecule has 11 aromatic rings. The summed E-state index contributed by atoms with van der Waals surface area (Å²) >= 11 is 7.92. The number of carbonyl (C=O) groups is 5. The molecule has 5 unspecified atom stereocenters. The fourth-order valence-electron chi connectivity index (χ4n) is 14.4. The van der Waals surface area contributed by atoms with Crippen LogP contribution in [-0.4, -0.2) is 29.5 Å². The lowest BCUT2D eigenvalue weighted by molar-refractivity contribution is -0.111. The van der Waals surface area contributed by atoms with E-state index in [1.54, 1.807) is 75.7 Å². The van der Waals surface area contributed by atoms with Gasteiger partial charge in [0, 0.05) is 84.1 Å². The van der Waals surface area contributed by atoms with Gasteiger partial charge in [-0.3, -0.25) is 24.0 Å². The number of fused-ring (bicyclic) bond motifs is 10. The summed E-state index contributed by atoms with van der Waals surface area (Å²) in [5.74, 6) is -0.273. The number of carbonyl (C=O) groups excluding carboxylic acids is 5. The van der Waals surface area contributed by atoms with Crippen molar-refractivity contribution in [3.63, 3.8) is 0 Å². The molecule has 15 nitrogen and oxygen atoms in total. The van der Waals surface area contributed by atoms with Crippen LogP contribution >= 0.6 is 56.7 Å². The normalized spacial score (nSPS) is 22.5. The molecule has 5 N–H and O–H groups in total. The molecule has 15 heterocycles. The maximum absolute atomic E-state index is 13.7. The van der Waals surface area contributed by atoms with Crippen LogP contribution in [0.15, 0.2) is 179 Å². The fraction of sp³-hybridized carbons (Fsp3) is 0.134. The Morgan fingerprint density at radius 1 is 0.327 bits per heavy atom. The van der Waals surface area contributed by atoms with Gasteiger partial charge in [-0.25, -0.2) is 22.0 Å². The number of nitrogens with one attached hydrogen (secondary N) is 5. The van der Waals surface area contributed by atoms with Crippen LogP contribution in [0.25, 0.3) is 56.7 Å². The first-order chi connectivity index (χ1) is 51.9. The smallest absolute Gasteiger partial charge is 0.260 e. The first kappa shape index (κ1) is 68.6. The molecule has 25 heteroatoms. The van der Waals surface area contributed by atoms with Crippen molar-refractivity contribution < 1.29 is 69.6 Å². The zero-order chi connectivity index (χ0) is 73.8. The highest BCUT2D eigenvalue weighted by Crippen LogP contribution is 2.55. The Hall–Kier alpha value is -11.5. The van der Waals surface area contributed by atoms with Crippen LogP contribution in [0.4, 0.5) is 50.4 Å². The molecule has 10 aliphatic rings.